The van der Waals surface area contributed by atoms with Gasteiger partial charge in [0.25, 0.3) is 0 Å². The predicted octanol–water partition coefficient (Wildman–Crippen LogP) is 0.520. The first-order valence-corrected chi connectivity index (χ1v) is 9.16. The van der Waals surface area contributed by atoms with E-state index < -0.39 is 47.7 Å². The van der Waals surface area contributed by atoms with E-state index in [9.17, 15) is 14.4 Å². The van der Waals surface area contributed by atoms with E-state index in [-0.39, 0.29) is 11.0 Å². The molecule has 0 amide bonds. The van der Waals surface area contributed by atoms with Gasteiger partial charge in [0, 0.05) is 20.8 Å². The molecule has 0 bridgehead atoms. The average Bonchev–Trinajstić information content (AvgIpc) is 2.51. The summed E-state index contributed by atoms with van der Waals surface area (Å²) in [5, 5.41) is 0. The third-order valence-electron chi connectivity index (χ3n) is 3.22. The van der Waals surface area contributed by atoms with Crippen LogP contribution in [0.5, 0.6) is 0 Å². The molecule has 0 unspecified atom stereocenters. The molecule has 0 aliphatic carbocycles. The van der Waals surface area contributed by atoms with Gasteiger partial charge in [-0.3, -0.25) is 14.4 Å². The van der Waals surface area contributed by atoms with E-state index in [1.54, 1.807) is 6.92 Å². The fraction of sp³-hybridized carbons (Fsp3) is 0.733. The Bertz CT molecular complexity index is 544. The smallest absolute Gasteiger partial charge is 0.303 e. The topological polar surface area (TPSA) is 123 Å². The maximum Gasteiger partial charge on any atom is 0.303 e. The van der Waals surface area contributed by atoms with Crippen molar-refractivity contribution >= 4 is 46.3 Å². The third kappa shape index (κ3) is 7.06. The number of rotatable bonds is 6. The van der Waals surface area contributed by atoms with Crippen LogP contribution in [0.25, 0.3) is 0 Å². The highest BCUT2D eigenvalue weighted by atomic mass is 32.2. The van der Waals surface area contributed by atoms with Crippen molar-refractivity contribution in [2.75, 3.05) is 13.2 Å². The van der Waals surface area contributed by atoms with Gasteiger partial charge < -0.3 is 29.4 Å². The van der Waals surface area contributed by atoms with Gasteiger partial charge in [-0.15, -0.1) is 0 Å². The molecule has 9 nitrogen and oxygen atoms in total. The van der Waals surface area contributed by atoms with Gasteiger partial charge >= 0.3 is 17.9 Å². The van der Waals surface area contributed by atoms with Crippen LogP contribution in [0.4, 0.5) is 0 Å². The van der Waals surface area contributed by atoms with Crippen LogP contribution in [0.3, 0.4) is 0 Å². The monoisotopic (exact) mass is 409 g/mol. The molecular formula is C15H23NO8S2. The lowest BCUT2D eigenvalue weighted by Gasteiger charge is -2.43. The molecule has 1 saturated heterocycles. The van der Waals surface area contributed by atoms with Crippen molar-refractivity contribution in [3.63, 3.8) is 0 Å². The molecule has 26 heavy (non-hydrogen) atoms. The Balaban J connectivity index is 3.07. The quantitative estimate of drug-likeness (QED) is 0.375. The minimum absolute atomic E-state index is 0.201. The summed E-state index contributed by atoms with van der Waals surface area (Å²) >= 11 is 6.12. The van der Waals surface area contributed by atoms with E-state index in [1.165, 1.54) is 20.8 Å². The summed E-state index contributed by atoms with van der Waals surface area (Å²) in [4.78, 5) is 34.1. The molecule has 1 heterocycles. The van der Waals surface area contributed by atoms with Gasteiger partial charge in [0.05, 0.1) is 12.6 Å². The average molecular weight is 409 g/mol. The Morgan fingerprint density at radius 1 is 1.04 bits per heavy atom. The highest BCUT2D eigenvalue weighted by Crippen LogP contribution is 2.32. The van der Waals surface area contributed by atoms with Crippen LogP contribution in [-0.2, 0) is 38.1 Å². The van der Waals surface area contributed by atoms with E-state index in [0.29, 0.717) is 6.61 Å². The van der Waals surface area contributed by atoms with Crippen LogP contribution >= 0.6 is 24.0 Å². The summed E-state index contributed by atoms with van der Waals surface area (Å²) in [5.74, 6) is -1.76. The zero-order chi connectivity index (χ0) is 19.9. The van der Waals surface area contributed by atoms with Gasteiger partial charge in [0.15, 0.2) is 12.2 Å². The fourth-order valence-corrected chi connectivity index (χ4v) is 3.57. The Kier molecular flexibility index (Phi) is 9.27. The van der Waals surface area contributed by atoms with Crippen molar-refractivity contribution in [2.45, 2.75) is 57.5 Å². The predicted molar refractivity (Wildman–Crippen MR) is 96.2 cm³/mol. The zero-order valence-corrected chi connectivity index (χ0v) is 16.6. The first kappa shape index (κ1) is 22.6. The lowest BCUT2D eigenvalue weighted by molar-refractivity contribution is -0.208. The third-order valence-corrected chi connectivity index (χ3v) is 4.60. The minimum atomic E-state index is -1.04. The summed E-state index contributed by atoms with van der Waals surface area (Å²) in [6.07, 6.45) is -2.94. The largest absolute Gasteiger partial charge is 0.479 e. The summed E-state index contributed by atoms with van der Waals surface area (Å²) in [6, 6.07) is -0.861. The van der Waals surface area contributed by atoms with Crippen molar-refractivity contribution < 1.29 is 38.1 Å². The number of thiocarbonyl (C=S) groups is 1. The molecule has 1 fully saturated rings. The minimum Gasteiger partial charge on any atom is -0.479 e. The van der Waals surface area contributed by atoms with Crippen LogP contribution in [-0.4, -0.2) is 65.3 Å². The summed E-state index contributed by atoms with van der Waals surface area (Å²) < 4.78 is 26.7. The Labute approximate surface area is 161 Å². The molecule has 0 aromatic heterocycles. The van der Waals surface area contributed by atoms with E-state index in [2.05, 4.69) is 0 Å². The van der Waals surface area contributed by atoms with Crippen molar-refractivity contribution in [1.82, 2.24) is 0 Å². The highest BCUT2D eigenvalue weighted by molar-refractivity contribution is 8.22. The molecule has 0 aromatic rings. The van der Waals surface area contributed by atoms with Crippen LogP contribution in [0.1, 0.15) is 27.7 Å². The summed E-state index contributed by atoms with van der Waals surface area (Å²) in [5.41, 5.74) is 5.40. The number of nitrogens with two attached hydrogens (primary N) is 1. The van der Waals surface area contributed by atoms with Gasteiger partial charge in [-0.05, 0) is 30.9 Å². The number of hydrogen-bond acceptors (Lipinski definition) is 11. The zero-order valence-electron chi connectivity index (χ0n) is 15.0. The molecular weight excluding hydrogens is 386 g/mol. The second-order valence-electron chi connectivity index (χ2n) is 5.37. The standard InChI is InChI=1S/C15H23NO8S2/c1-5-20-15(25)26-14-11(16)13(23-9(4)19)12(22-8(3)18)10(24-14)6-21-7(2)17/h10-14H,5-6,16H2,1-4H3/t10-,11-,12-,13-,14+/m1/s1. The normalized spacial score (nSPS) is 28.0. The number of ether oxygens (including phenoxy) is 5. The van der Waals surface area contributed by atoms with Crippen molar-refractivity contribution in [3.05, 3.63) is 0 Å². The molecule has 5 atom stereocenters. The maximum atomic E-state index is 11.5. The number of thioether (sulfide) groups is 1. The molecule has 1 aliphatic heterocycles. The second-order valence-corrected chi connectivity index (χ2v) is 7.07. The lowest BCUT2D eigenvalue weighted by atomic mass is 9.98. The molecule has 0 spiro atoms. The van der Waals surface area contributed by atoms with Crippen LogP contribution in [0.2, 0.25) is 0 Å². The van der Waals surface area contributed by atoms with Crippen molar-refractivity contribution in [2.24, 2.45) is 5.73 Å². The fourth-order valence-electron chi connectivity index (χ4n) is 2.28. The summed E-state index contributed by atoms with van der Waals surface area (Å²) in [6.45, 7) is 5.57. The van der Waals surface area contributed by atoms with E-state index >= 15 is 0 Å². The molecule has 11 heteroatoms. The number of carbonyl (C=O) groups is 3. The molecule has 2 N–H and O–H groups in total. The molecule has 148 valence electrons. The van der Waals surface area contributed by atoms with Crippen molar-refractivity contribution in [1.29, 1.82) is 0 Å². The molecule has 1 aliphatic rings. The number of hydrogen-bond donors (Lipinski definition) is 1. The molecule has 0 saturated carbocycles. The van der Waals surface area contributed by atoms with E-state index in [0.717, 1.165) is 11.8 Å². The number of esters is 3. The highest BCUT2D eigenvalue weighted by Gasteiger charge is 2.49. The van der Waals surface area contributed by atoms with Gasteiger partial charge in [0.2, 0.25) is 4.38 Å². The van der Waals surface area contributed by atoms with Crippen LogP contribution in [0, 0.1) is 0 Å². The van der Waals surface area contributed by atoms with Gasteiger partial charge in [-0.25, -0.2) is 0 Å². The first-order chi connectivity index (χ1) is 12.1. The van der Waals surface area contributed by atoms with E-state index in [1.807, 2.05) is 0 Å². The second kappa shape index (κ2) is 10.7. The molecule has 0 radical (unpaired) electrons. The van der Waals surface area contributed by atoms with Gasteiger partial charge in [-0.1, -0.05) is 0 Å². The van der Waals surface area contributed by atoms with Gasteiger partial charge in [-0.2, -0.15) is 0 Å². The van der Waals surface area contributed by atoms with Crippen molar-refractivity contribution in [3.8, 4) is 0 Å². The molecule has 0 aromatic carbocycles. The Morgan fingerprint density at radius 3 is 2.12 bits per heavy atom. The Hall–Kier alpha value is -1.43. The first-order valence-electron chi connectivity index (χ1n) is 7.88. The number of carbonyl (C=O) groups excluding carboxylic acids is 3. The molecule has 1 rings (SSSR count). The Morgan fingerprint density at radius 2 is 1.62 bits per heavy atom. The summed E-state index contributed by atoms with van der Waals surface area (Å²) in [7, 11) is 0. The maximum absolute atomic E-state index is 11.5. The van der Waals surface area contributed by atoms with Gasteiger partial charge in [0.1, 0.15) is 18.1 Å². The van der Waals surface area contributed by atoms with Crippen LogP contribution in [0.15, 0.2) is 0 Å². The lowest BCUT2D eigenvalue weighted by Crippen LogP contribution is -2.63. The SMILES string of the molecule is CCOC(=S)S[C@@H]1O[C@H](COC(C)=O)[C@@H](OC(C)=O)[C@H](OC(C)=O)[C@H]1N. The van der Waals surface area contributed by atoms with E-state index in [4.69, 9.17) is 41.6 Å². The van der Waals surface area contributed by atoms with Crippen LogP contribution < -0.4 is 5.73 Å².